The zero-order valence-corrected chi connectivity index (χ0v) is 9.98. The average molecular weight is 201 g/mol. The van der Waals surface area contributed by atoms with Gasteiger partial charge in [-0.05, 0) is 40.7 Å². The monoisotopic (exact) mass is 201 g/mol. The molecule has 0 heterocycles. The Kier molecular flexibility index (Phi) is 4.59. The summed E-state index contributed by atoms with van der Waals surface area (Å²) < 4.78 is 0. The molecule has 0 saturated carbocycles. The van der Waals surface area contributed by atoms with Crippen LogP contribution in [0.1, 0.15) is 47.5 Å². The first-order chi connectivity index (χ1) is 6.25. The van der Waals surface area contributed by atoms with E-state index in [0.29, 0.717) is 0 Å². The number of carboxylic acids is 1. The molecule has 0 rings (SSSR count). The standard InChI is InChI=1S/C11H23NO2/c1-6-7-8-12-11(4,5)10(2,3)9(13)14/h12H,6-8H2,1-5H3,(H,13,14). The molecule has 84 valence electrons. The summed E-state index contributed by atoms with van der Waals surface area (Å²) in [5.41, 5.74) is -1.13. The minimum absolute atomic E-state index is 0.381. The first-order valence-electron chi connectivity index (χ1n) is 5.24. The summed E-state index contributed by atoms with van der Waals surface area (Å²) in [6.07, 6.45) is 2.20. The van der Waals surface area contributed by atoms with Gasteiger partial charge in [-0.25, -0.2) is 0 Å². The maximum atomic E-state index is 11.1. The van der Waals surface area contributed by atoms with Crippen molar-refractivity contribution < 1.29 is 9.90 Å². The summed E-state index contributed by atoms with van der Waals surface area (Å²) in [5.74, 6) is -0.758. The van der Waals surface area contributed by atoms with E-state index in [0.717, 1.165) is 19.4 Å². The van der Waals surface area contributed by atoms with Crippen molar-refractivity contribution in [3.05, 3.63) is 0 Å². The van der Waals surface area contributed by atoms with Crippen molar-refractivity contribution in [1.29, 1.82) is 0 Å². The Labute approximate surface area is 86.9 Å². The van der Waals surface area contributed by atoms with E-state index in [-0.39, 0.29) is 5.54 Å². The van der Waals surface area contributed by atoms with Gasteiger partial charge in [-0.3, -0.25) is 4.79 Å². The molecular formula is C11H23NO2. The zero-order valence-electron chi connectivity index (χ0n) is 9.98. The van der Waals surface area contributed by atoms with Crippen LogP contribution in [0.4, 0.5) is 0 Å². The van der Waals surface area contributed by atoms with Crippen molar-refractivity contribution in [3.63, 3.8) is 0 Å². The SMILES string of the molecule is CCCCNC(C)(C)C(C)(C)C(=O)O. The maximum Gasteiger partial charge on any atom is 0.310 e. The summed E-state index contributed by atoms with van der Waals surface area (Å²) in [7, 11) is 0. The highest BCUT2D eigenvalue weighted by Gasteiger charge is 2.42. The van der Waals surface area contributed by atoms with Gasteiger partial charge in [-0.2, -0.15) is 0 Å². The number of hydrogen-bond acceptors (Lipinski definition) is 2. The molecule has 0 unspecified atom stereocenters. The summed E-state index contributed by atoms with van der Waals surface area (Å²) in [5, 5.41) is 12.4. The molecule has 3 heteroatoms. The van der Waals surface area contributed by atoms with Crippen LogP contribution in [0.15, 0.2) is 0 Å². The minimum atomic E-state index is -0.758. The van der Waals surface area contributed by atoms with Crippen LogP contribution in [0.2, 0.25) is 0 Å². The lowest BCUT2D eigenvalue weighted by Gasteiger charge is -2.39. The van der Waals surface area contributed by atoms with Crippen LogP contribution in [0, 0.1) is 5.41 Å². The largest absolute Gasteiger partial charge is 0.481 e. The highest BCUT2D eigenvalue weighted by molar-refractivity contribution is 5.75. The smallest absolute Gasteiger partial charge is 0.310 e. The van der Waals surface area contributed by atoms with Gasteiger partial charge in [0.15, 0.2) is 0 Å². The zero-order chi connectivity index (χ0) is 11.4. The number of aliphatic carboxylic acids is 1. The van der Waals surface area contributed by atoms with E-state index in [1.807, 2.05) is 13.8 Å². The highest BCUT2D eigenvalue weighted by atomic mass is 16.4. The highest BCUT2D eigenvalue weighted by Crippen LogP contribution is 2.30. The number of nitrogens with one attached hydrogen (secondary N) is 1. The van der Waals surface area contributed by atoms with Gasteiger partial charge in [-0.15, -0.1) is 0 Å². The molecule has 0 fully saturated rings. The Bertz CT molecular complexity index is 197. The van der Waals surface area contributed by atoms with Crippen molar-refractivity contribution in [2.24, 2.45) is 5.41 Å². The molecule has 2 N–H and O–H groups in total. The van der Waals surface area contributed by atoms with Crippen molar-refractivity contribution >= 4 is 5.97 Å². The lowest BCUT2D eigenvalue weighted by molar-refractivity contribution is -0.151. The Morgan fingerprint density at radius 3 is 2.14 bits per heavy atom. The quantitative estimate of drug-likeness (QED) is 0.648. The Hall–Kier alpha value is -0.570. The van der Waals surface area contributed by atoms with Gasteiger partial charge >= 0.3 is 5.97 Å². The average Bonchev–Trinajstić information content (AvgIpc) is 2.04. The normalized spacial score (nSPS) is 12.9. The third kappa shape index (κ3) is 2.98. The maximum absolute atomic E-state index is 11.1. The molecule has 0 aromatic carbocycles. The van der Waals surface area contributed by atoms with Crippen LogP contribution >= 0.6 is 0 Å². The summed E-state index contributed by atoms with van der Waals surface area (Å²) in [6, 6.07) is 0. The van der Waals surface area contributed by atoms with E-state index < -0.39 is 11.4 Å². The number of unbranched alkanes of at least 4 members (excludes halogenated alkanes) is 1. The van der Waals surface area contributed by atoms with Gasteiger partial charge in [-0.1, -0.05) is 13.3 Å². The second-order valence-corrected chi connectivity index (χ2v) is 4.84. The first kappa shape index (κ1) is 13.4. The van der Waals surface area contributed by atoms with Gasteiger partial charge in [0.25, 0.3) is 0 Å². The molecular weight excluding hydrogens is 178 g/mol. The molecule has 0 radical (unpaired) electrons. The van der Waals surface area contributed by atoms with Crippen LogP contribution in [0.25, 0.3) is 0 Å². The van der Waals surface area contributed by atoms with Crippen molar-refractivity contribution in [1.82, 2.24) is 5.32 Å². The van der Waals surface area contributed by atoms with Crippen LogP contribution in [-0.4, -0.2) is 23.2 Å². The van der Waals surface area contributed by atoms with Gasteiger partial charge in [0.1, 0.15) is 0 Å². The predicted octanol–water partition coefficient (Wildman–Crippen LogP) is 2.27. The fourth-order valence-corrected chi connectivity index (χ4v) is 1.07. The molecule has 0 amide bonds. The molecule has 14 heavy (non-hydrogen) atoms. The van der Waals surface area contributed by atoms with Crippen molar-refractivity contribution in [2.45, 2.75) is 53.0 Å². The van der Waals surface area contributed by atoms with Crippen LogP contribution in [0.5, 0.6) is 0 Å². The van der Waals surface area contributed by atoms with E-state index in [2.05, 4.69) is 12.2 Å². The predicted molar refractivity (Wildman–Crippen MR) is 58.4 cm³/mol. The second-order valence-electron chi connectivity index (χ2n) is 4.84. The fourth-order valence-electron chi connectivity index (χ4n) is 1.07. The molecule has 0 saturated heterocycles. The van der Waals surface area contributed by atoms with E-state index in [1.165, 1.54) is 0 Å². The molecule has 0 aliphatic heterocycles. The lowest BCUT2D eigenvalue weighted by atomic mass is 9.74. The number of rotatable bonds is 6. The Morgan fingerprint density at radius 1 is 1.29 bits per heavy atom. The molecule has 0 aromatic heterocycles. The van der Waals surface area contributed by atoms with Crippen LogP contribution in [-0.2, 0) is 4.79 Å². The third-order valence-corrected chi connectivity index (χ3v) is 3.19. The van der Waals surface area contributed by atoms with Crippen LogP contribution < -0.4 is 5.32 Å². The molecule has 0 spiro atoms. The van der Waals surface area contributed by atoms with E-state index in [9.17, 15) is 4.79 Å². The topological polar surface area (TPSA) is 49.3 Å². The Morgan fingerprint density at radius 2 is 1.79 bits per heavy atom. The van der Waals surface area contributed by atoms with Gasteiger partial charge < -0.3 is 10.4 Å². The molecule has 0 atom stereocenters. The number of carboxylic acid groups (broad SMARTS) is 1. The van der Waals surface area contributed by atoms with E-state index in [4.69, 9.17) is 5.11 Å². The lowest BCUT2D eigenvalue weighted by Crippen LogP contribution is -2.55. The van der Waals surface area contributed by atoms with Crippen molar-refractivity contribution in [2.75, 3.05) is 6.54 Å². The molecule has 0 aliphatic rings. The Balaban J connectivity index is 4.36. The third-order valence-electron chi connectivity index (χ3n) is 3.19. The van der Waals surface area contributed by atoms with Gasteiger partial charge in [0.2, 0.25) is 0 Å². The second kappa shape index (κ2) is 4.78. The molecule has 3 nitrogen and oxygen atoms in total. The summed E-state index contributed by atoms with van der Waals surface area (Å²) >= 11 is 0. The van der Waals surface area contributed by atoms with E-state index in [1.54, 1.807) is 13.8 Å². The van der Waals surface area contributed by atoms with E-state index >= 15 is 0 Å². The summed E-state index contributed by atoms with van der Waals surface area (Å²) in [4.78, 5) is 11.1. The van der Waals surface area contributed by atoms with Gasteiger partial charge in [0, 0.05) is 5.54 Å². The first-order valence-corrected chi connectivity index (χ1v) is 5.24. The number of carbonyl (C=O) groups is 1. The minimum Gasteiger partial charge on any atom is -0.481 e. The molecule has 0 aromatic rings. The van der Waals surface area contributed by atoms with Crippen LogP contribution in [0.3, 0.4) is 0 Å². The summed E-state index contributed by atoms with van der Waals surface area (Å²) in [6.45, 7) is 10.4. The fraction of sp³-hybridized carbons (Fsp3) is 0.909. The van der Waals surface area contributed by atoms with Gasteiger partial charge in [0.05, 0.1) is 5.41 Å². The number of hydrogen-bond donors (Lipinski definition) is 2. The molecule has 0 bridgehead atoms. The molecule has 0 aliphatic carbocycles. The van der Waals surface area contributed by atoms with Crippen molar-refractivity contribution in [3.8, 4) is 0 Å².